The average Bonchev–Trinajstić information content (AvgIpc) is 2.72. The van der Waals surface area contributed by atoms with Gasteiger partial charge < -0.3 is 14.8 Å². The molecule has 0 aliphatic carbocycles. The normalized spacial score (nSPS) is 20.7. The van der Waals surface area contributed by atoms with E-state index in [4.69, 9.17) is 9.47 Å². The molecule has 122 valence electrons. The third kappa shape index (κ3) is 3.96. The summed E-state index contributed by atoms with van der Waals surface area (Å²) in [5.41, 5.74) is 0.765. The van der Waals surface area contributed by atoms with Gasteiger partial charge in [-0.05, 0) is 31.3 Å². The number of carbonyl (C=O) groups excluding carboxylic acids is 1. The molecule has 2 rings (SSSR count). The van der Waals surface area contributed by atoms with Crippen LogP contribution in [-0.2, 0) is 24.3 Å². The Morgan fingerprint density at radius 1 is 1.23 bits per heavy atom. The molecule has 1 atom stereocenters. The number of hydrogen-bond donors (Lipinski definition) is 2. The predicted octanol–water partition coefficient (Wildman–Crippen LogP) is 1.07. The van der Waals surface area contributed by atoms with Gasteiger partial charge in [0.05, 0.1) is 4.90 Å². The van der Waals surface area contributed by atoms with Crippen LogP contribution in [0, 0.1) is 0 Å². The lowest BCUT2D eigenvalue weighted by atomic mass is 10.2. The Balaban J connectivity index is 1.87. The van der Waals surface area contributed by atoms with E-state index in [1.54, 1.807) is 26.0 Å². The summed E-state index contributed by atoms with van der Waals surface area (Å²) in [4.78, 5) is 11.8. The van der Waals surface area contributed by atoms with Gasteiger partial charge in [0.1, 0.15) is 0 Å². The van der Waals surface area contributed by atoms with Crippen molar-refractivity contribution in [2.75, 3.05) is 18.9 Å². The minimum absolute atomic E-state index is 0.199. The van der Waals surface area contributed by atoms with Crippen molar-refractivity contribution in [1.29, 1.82) is 0 Å². The van der Waals surface area contributed by atoms with E-state index in [0.717, 1.165) is 5.69 Å². The molecular weight excluding hydrogens is 308 g/mol. The standard InChI is InChI=1S/C14H20N2O5S/c1-14(2)20-12(13(17)21-14)8-9-16-10-4-6-11(7-5-10)22(18,19)15-3/h4-7,12,15-16H,8-9H2,1-3H3. The lowest BCUT2D eigenvalue weighted by molar-refractivity contribution is -0.160. The number of rotatable bonds is 6. The summed E-state index contributed by atoms with van der Waals surface area (Å²) in [6, 6.07) is 6.36. The molecule has 0 amide bonds. The van der Waals surface area contributed by atoms with Gasteiger partial charge >= 0.3 is 5.97 Å². The molecule has 8 heteroatoms. The summed E-state index contributed by atoms with van der Waals surface area (Å²) in [6.45, 7) is 3.90. The Labute approximate surface area is 130 Å². The van der Waals surface area contributed by atoms with Crippen molar-refractivity contribution in [2.45, 2.75) is 37.1 Å². The fraction of sp³-hybridized carbons (Fsp3) is 0.500. The molecule has 1 saturated heterocycles. The molecule has 0 spiro atoms. The van der Waals surface area contributed by atoms with Crippen molar-refractivity contribution in [1.82, 2.24) is 4.72 Å². The number of cyclic esters (lactones) is 1. The van der Waals surface area contributed by atoms with Crippen molar-refractivity contribution >= 4 is 21.7 Å². The first-order valence-corrected chi connectivity index (χ1v) is 8.40. The minimum atomic E-state index is -3.43. The maximum Gasteiger partial charge on any atom is 0.337 e. The van der Waals surface area contributed by atoms with Gasteiger partial charge in [-0.25, -0.2) is 17.9 Å². The van der Waals surface area contributed by atoms with E-state index < -0.39 is 21.9 Å². The molecule has 1 aliphatic heterocycles. The Morgan fingerprint density at radius 2 is 1.86 bits per heavy atom. The first-order chi connectivity index (χ1) is 10.2. The van der Waals surface area contributed by atoms with Gasteiger partial charge in [-0.15, -0.1) is 0 Å². The highest BCUT2D eigenvalue weighted by Crippen LogP contribution is 2.25. The highest BCUT2D eigenvalue weighted by molar-refractivity contribution is 7.89. The van der Waals surface area contributed by atoms with Crippen molar-refractivity contribution < 1.29 is 22.7 Å². The molecule has 0 saturated carbocycles. The van der Waals surface area contributed by atoms with Crippen LogP contribution in [0.2, 0.25) is 0 Å². The van der Waals surface area contributed by atoms with Crippen LogP contribution < -0.4 is 10.0 Å². The van der Waals surface area contributed by atoms with Gasteiger partial charge in [0.2, 0.25) is 15.8 Å². The van der Waals surface area contributed by atoms with Crippen LogP contribution in [0.3, 0.4) is 0 Å². The third-order valence-electron chi connectivity index (χ3n) is 3.20. The molecule has 1 fully saturated rings. The molecule has 1 heterocycles. The average molecular weight is 328 g/mol. The topological polar surface area (TPSA) is 93.7 Å². The maximum absolute atomic E-state index is 11.6. The number of sulfonamides is 1. The van der Waals surface area contributed by atoms with Crippen LogP contribution in [0.5, 0.6) is 0 Å². The fourth-order valence-corrected chi connectivity index (χ4v) is 2.85. The summed E-state index contributed by atoms with van der Waals surface area (Å²) in [5.74, 6) is -1.23. The zero-order valence-electron chi connectivity index (χ0n) is 12.8. The lowest BCUT2D eigenvalue weighted by Gasteiger charge is -2.15. The molecule has 1 aromatic rings. The summed E-state index contributed by atoms with van der Waals surface area (Å²) in [6.07, 6.45) is -0.106. The molecule has 1 aromatic carbocycles. The van der Waals surface area contributed by atoms with Crippen LogP contribution in [0.15, 0.2) is 29.2 Å². The van der Waals surface area contributed by atoms with Crippen LogP contribution in [-0.4, -0.2) is 39.9 Å². The number of nitrogens with one attached hydrogen (secondary N) is 2. The van der Waals surface area contributed by atoms with E-state index in [2.05, 4.69) is 10.0 Å². The van der Waals surface area contributed by atoms with Crippen molar-refractivity contribution in [2.24, 2.45) is 0 Å². The number of anilines is 1. The third-order valence-corrected chi connectivity index (χ3v) is 4.63. The first kappa shape index (κ1) is 16.7. The molecule has 0 aromatic heterocycles. The van der Waals surface area contributed by atoms with Crippen LogP contribution in [0.4, 0.5) is 5.69 Å². The molecule has 2 N–H and O–H groups in total. The number of ether oxygens (including phenoxy) is 2. The van der Waals surface area contributed by atoms with Gasteiger partial charge in [0, 0.05) is 32.5 Å². The first-order valence-electron chi connectivity index (χ1n) is 6.92. The van der Waals surface area contributed by atoms with Gasteiger partial charge in [-0.1, -0.05) is 0 Å². The molecule has 22 heavy (non-hydrogen) atoms. The monoisotopic (exact) mass is 328 g/mol. The molecular formula is C14H20N2O5S. The van der Waals surface area contributed by atoms with Gasteiger partial charge in [0.15, 0.2) is 6.10 Å². The van der Waals surface area contributed by atoms with E-state index in [9.17, 15) is 13.2 Å². The second kappa shape index (κ2) is 6.23. The second-order valence-electron chi connectivity index (χ2n) is 5.37. The zero-order chi connectivity index (χ0) is 16.4. The summed E-state index contributed by atoms with van der Waals surface area (Å²) >= 11 is 0. The molecule has 7 nitrogen and oxygen atoms in total. The van der Waals surface area contributed by atoms with E-state index in [1.807, 2.05) is 0 Å². The van der Waals surface area contributed by atoms with Crippen molar-refractivity contribution in [3.05, 3.63) is 24.3 Å². The minimum Gasteiger partial charge on any atom is -0.432 e. The highest BCUT2D eigenvalue weighted by Gasteiger charge is 2.40. The van der Waals surface area contributed by atoms with Gasteiger partial charge in [-0.2, -0.15) is 0 Å². The largest absolute Gasteiger partial charge is 0.432 e. The zero-order valence-corrected chi connectivity index (χ0v) is 13.6. The number of esters is 1. The number of hydrogen-bond acceptors (Lipinski definition) is 6. The summed E-state index contributed by atoms with van der Waals surface area (Å²) < 4.78 is 36.0. The van der Waals surface area contributed by atoms with E-state index in [0.29, 0.717) is 13.0 Å². The summed E-state index contributed by atoms with van der Waals surface area (Å²) in [7, 11) is -2.06. The lowest BCUT2D eigenvalue weighted by Crippen LogP contribution is -2.23. The SMILES string of the molecule is CNS(=O)(=O)c1ccc(NCCC2OC(C)(C)OC2=O)cc1. The van der Waals surface area contributed by atoms with Crippen molar-refractivity contribution in [3.63, 3.8) is 0 Å². The van der Waals surface area contributed by atoms with E-state index in [-0.39, 0.29) is 10.9 Å². The quantitative estimate of drug-likeness (QED) is 0.759. The van der Waals surface area contributed by atoms with Gasteiger partial charge in [-0.3, -0.25) is 0 Å². The van der Waals surface area contributed by atoms with Crippen molar-refractivity contribution in [3.8, 4) is 0 Å². The van der Waals surface area contributed by atoms with E-state index >= 15 is 0 Å². The van der Waals surface area contributed by atoms with Crippen LogP contribution in [0.25, 0.3) is 0 Å². The van der Waals surface area contributed by atoms with E-state index in [1.165, 1.54) is 19.2 Å². The smallest absolute Gasteiger partial charge is 0.337 e. The van der Waals surface area contributed by atoms with Crippen LogP contribution >= 0.6 is 0 Å². The Hall–Kier alpha value is -1.64. The molecule has 1 unspecified atom stereocenters. The molecule has 1 aliphatic rings. The Kier molecular flexibility index (Phi) is 4.74. The van der Waals surface area contributed by atoms with Crippen LogP contribution in [0.1, 0.15) is 20.3 Å². The molecule has 0 radical (unpaired) electrons. The Morgan fingerprint density at radius 3 is 2.36 bits per heavy atom. The molecule has 0 bridgehead atoms. The second-order valence-corrected chi connectivity index (χ2v) is 7.26. The fourth-order valence-electron chi connectivity index (χ4n) is 2.12. The van der Waals surface area contributed by atoms with Gasteiger partial charge in [0.25, 0.3) is 0 Å². The summed E-state index contributed by atoms with van der Waals surface area (Å²) in [5, 5.41) is 3.11. The maximum atomic E-state index is 11.6. The highest BCUT2D eigenvalue weighted by atomic mass is 32.2. The number of carbonyl (C=O) groups is 1. The number of benzene rings is 1. The Bertz CT molecular complexity index is 640. The predicted molar refractivity (Wildman–Crippen MR) is 80.8 cm³/mol.